The van der Waals surface area contributed by atoms with E-state index in [4.69, 9.17) is 9.47 Å². The van der Waals surface area contributed by atoms with Gasteiger partial charge in [-0.3, -0.25) is 4.79 Å². The molecule has 1 amide bonds. The fraction of sp³-hybridized carbons (Fsp3) is 0.533. The number of hydrogen-bond acceptors (Lipinski definition) is 4. The van der Waals surface area contributed by atoms with Crippen LogP contribution in [0.4, 0.5) is 10.1 Å². The predicted octanol–water partition coefficient (Wildman–Crippen LogP) is 2.21. The average Bonchev–Trinajstić information content (AvgIpc) is 2.50. The molecule has 0 bridgehead atoms. The Morgan fingerprint density at radius 1 is 1.36 bits per heavy atom. The molecule has 0 aliphatic carbocycles. The van der Waals surface area contributed by atoms with E-state index in [1.54, 1.807) is 13.2 Å². The molecule has 1 heterocycles. The molecule has 0 saturated carbocycles. The molecular formula is C15H22ClFN2O3. The monoisotopic (exact) mass is 332 g/mol. The smallest absolute Gasteiger partial charge is 0.227 e. The minimum Gasteiger partial charge on any atom is -0.488 e. The molecule has 1 fully saturated rings. The summed E-state index contributed by atoms with van der Waals surface area (Å²) in [5.41, 5.74) is 0.454. The van der Waals surface area contributed by atoms with E-state index in [1.165, 1.54) is 12.1 Å². The van der Waals surface area contributed by atoms with Crippen molar-refractivity contribution in [2.45, 2.75) is 12.8 Å². The zero-order valence-corrected chi connectivity index (χ0v) is 13.4. The first-order valence-corrected chi connectivity index (χ1v) is 7.13. The van der Waals surface area contributed by atoms with Crippen molar-refractivity contribution in [3.05, 3.63) is 24.0 Å². The van der Waals surface area contributed by atoms with E-state index in [1.807, 2.05) is 0 Å². The minimum absolute atomic E-state index is 0. The highest BCUT2D eigenvalue weighted by atomic mass is 35.5. The Morgan fingerprint density at radius 2 is 2.09 bits per heavy atom. The molecule has 0 unspecified atom stereocenters. The van der Waals surface area contributed by atoms with Crippen LogP contribution in [0.5, 0.6) is 5.75 Å². The molecule has 124 valence electrons. The average molecular weight is 333 g/mol. The zero-order chi connectivity index (χ0) is 15.1. The fourth-order valence-corrected chi connectivity index (χ4v) is 2.26. The Hall–Kier alpha value is -1.37. The van der Waals surface area contributed by atoms with Crippen LogP contribution in [0.2, 0.25) is 0 Å². The van der Waals surface area contributed by atoms with E-state index in [-0.39, 0.29) is 36.6 Å². The van der Waals surface area contributed by atoms with Crippen LogP contribution in [0, 0.1) is 11.7 Å². The van der Waals surface area contributed by atoms with Gasteiger partial charge < -0.3 is 20.1 Å². The number of piperidine rings is 1. The molecule has 7 heteroatoms. The normalized spacial score (nSPS) is 15.0. The molecule has 1 saturated heterocycles. The summed E-state index contributed by atoms with van der Waals surface area (Å²) < 4.78 is 23.9. The van der Waals surface area contributed by atoms with Crippen LogP contribution in [0.3, 0.4) is 0 Å². The third-order valence-corrected chi connectivity index (χ3v) is 3.45. The standard InChI is InChI=1S/C15H21FN2O3.ClH/c1-20-8-9-21-14-3-2-12(10-13(14)16)18-15(19)11-4-6-17-7-5-11;/h2-3,10-11,17H,4-9H2,1H3,(H,18,19);1H. The van der Waals surface area contributed by atoms with Crippen molar-refractivity contribution in [2.75, 3.05) is 38.7 Å². The molecular weight excluding hydrogens is 311 g/mol. The lowest BCUT2D eigenvalue weighted by atomic mass is 9.97. The van der Waals surface area contributed by atoms with E-state index >= 15 is 0 Å². The van der Waals surface area contributed by atoms with Crippen molar-refractivity contribution >= 4 is 24.0 Å². The van der Waals surface area contributed by atoms with E-state index in [9.17, 15) is 9.18 Å². The first kappa shape index (κ1) is 18.7. The number of ether oxygens (including phenoxy) is 2. The molecule has 0 radical (unpaired) electrons. The van der Waals surface area contributed by atoms with Crippen LogP contribution >= 0.6 is 12.4 Å². The van der Waals surface area contributed by atoms with Gasteiger partial charge in [0, 0.05) is 24.8 Å². The summed E-state index contributed by atoms with van der Waals surface area (Å²) in [6.45, 7) is 2.37. The van der Waals surface area contributed by atoms with Gasteiger partial charge in [0.25, 0.3) is 0 Å². The molecule has 1 aromatic rings. The van der Waals surface area contributed by atoms with Gasteiger partial charge in [0.2, 0.25) is 5.91 Å². The number of hydrogen-bond donors (Lipinski definition) is 2. The van der Waals surface area contributed by atoms with Gasteiger partial charge in [0.15, 0.2) is 11.6 Å². The summed E-state index contributed by atoms with van der Waals surface area (Å²) in [6.07, 6.45) is 1.62. The van der Waals surface area contributed by atoms with E-state index in [2.05, 4.69) is 10.6 Å². The van der Waals surface area contributed by atoms with Crippen LogP contribution in [0.1, 0.15) is 12.8 Å². The molecule has 2 rings (SSSR count). The number of carbonyl (C=O) groups excluding carboxylic acids is 1. The Labute approximate surface area is 136 Å². The maximum absolute atomic E-state index is 13.8. The highest BCUT2D eigenvalue weighted by Crippen LogP contribution is 2.22. The van der Waals surface area contributed by atoms with Gasteiger partial charge in [0.05, 0.1) is 6.61 Å². The van der Waals surface area contributed by atoms with Gasteiger partial charge in [0.1, 0.15) is 6.61 Å². The van der Waals surface area contributed by atoms with Crippen molar-refractivity contribution in [3.8, 4) is 5.75 Å². The summed E-state index contributed by atoms with van der Waals surface area (Å²) in [7, 11) is 1.55. The van der Waals surface area contributed by atoms with Gasteiger partial charge in [-0.05, 0) is 38.1 Å². The van der Waals surface area contributed by atoms with E-state index < -0.39 is 5.82 Å². The van der Waals surface area contributed by atoms with Crippen molar-refractivity contribution in [1.29, 1.82) is 0 Å². The summed E-state index contributed by atoms with van der Waals surface area (Å²) >= 11 is 0. The number of halogens is 2. The predicted molar refractivity (Wildman–Crippen MR) is 85.2 cm³/mol. The van der Waals surface area contributed by atoms with Crippen LogP contribution in [-0.4, -0.2) is 39.3 Å². The van der Waals surface area contributed by atoms with Crippen LogP contribution in [0.25, 0.3) is 0 Å². The molecule has 2 N–H and O–H groups in total. The second-order valence-corrected chi connectivity index (χ2v) is 5.00. The van der Waals surface area contributed by atoms with Crippen molar-refractivity contribution in [2.24, 2.45) is 5.92 Å². The van der Waals surface area contributed by atoms with Gasteiger partial charge in [-0.15, -0.1) is 12.4 Å². The Kier molecular flexibility index (Phi) is 8.16. The van der Waals surface area contributed by atoms with Crippen LogP contribution in [-0.2, 0) is 9.53 Å². The highest BCUT2D eigenvalue weighted by molar-refractivity contribution is 5.92. The van der Waals surface area contributed by atoms with Crippen molar-refractivity contribution in [1.82, 2.24) is 5.32 Å². The summed E-state index contributed by atoms with van der Waals surface area (Å²) in [5.74, 6) is -0.392. The van der Waals surface area contributed by atoms with Crippen LogP contribution in [0.15, 0.2) is 18.2 Å². The lowest BCUT2D eigenvalue weighted by Gasteiger charge is -2.21. The summed E-state index contributed by atoms with van der Waals surface area (Å²) in [4.78, 5) is 12.1. The molecule has 1 aliphatic rings. The number of carbonyl (C=O) groups is 1. The molecule has 5 nitrogen and oxygen atoms in total. The maximum Gasteiger partial charge on any atom is 0.227 e. The number of anilines is 1. The van der Waals surface area contributed by atoms with Crippen molar-refractivity contribution < 1.29 is 18.7 Å². The topological polar surface area (TPSA) is 59.6 Å². The molecule has 0 atom stereocenters. The zero-order valence-electron chi connectivity index (χ0n) is 12.6. The second kappa shape index (κ2) is 9.61. The second-order valence-electron chi connectivity index (χ2n) is 5.00. The molecule has 0 aromatic heterocycles. The number of amides is 1. The number of rotatable bonds is 6. The third-order valence-electron chi connectivity index (χ3n) is 3.45. The summed E-state index contributed by atoms with van der Waals surface area (Å²) in [6, 6.07) is 4.44. The Bertz CT molecular complexity index is 482. The fourth-order valence-electron chi connectivity index (χ4n) is 2.26. The van der Waals surface area contributed by atoms with Crippen LogP contribution < -0.4 is 15.4 Å². The number of methoxy groups -OCH3 is 1. The highest BCUT2D eigenvalue weighted by Gasteiger charge is 2.21. The van der Waals surface area contributed by atoms with E-state index in [0.29, 0.717) is 12.3 Å². The minimum atomic E-state index is -0.491. The third kappa shape index (κ3) is 5.44. The summed E-state index contributed by atoms with van der Waals surface area (Å²) in [5, 5.41) is 5.97. The lowest BCUT2D eigenvalue weighted by Crippen LogP contribution is -2.34. The first-order valence-electron chi connectivity index (χ1n) is 7.13. The van der Waals surface area contributed by atoms with Gasteiger partial charge in [-0.1, -0.05) is 0 Å². The quantitative estimate of drug-likeness (QED) is 0.784. The molecule has 22 heavy (non-hydrogen) atoms. The van der Waals surface area contributed by atoms with Gasteiger partial charge in [-0.2, -0.15) is 0 Å². The largest absolute Gasteiger partial charge is 0.488 e. The van der Waals surface area contributed by atoms with Gasteiger partial charge in [-0.25, -0.2) is 4.39 Å². The Morgan fingerprint density at radius 3 is 2.73 bits per heavy atom. The van der Waals surface area contributed by atoms with Gasteiger partial charge >= 0.3 is 0 Å². The first-order chi connectivity index (χ1) is 10.2. The maximum atomic E-state index is 13.8. The Balaban J connectivity index is 0.00000242. The van der Waals surface area contributed by atoms with E-state index in [0.717, 1.165) is 25.9 Å². The molecule has 1 aliphatic heterocycles. The molecule has 0 spiro atoms. The SMILES string of the molecule is COCCOc1ccc(NC(=O)C2CCNCC2)cc1F.Cl. The molecule has 1 aromatic carbocycles. The van der Waals surface area contributed by atoms with Crippen molar-refractivity contribution in [3.63, 3.8) is 0 Å². The lowest BCUT2D eigenvalue weighted by molar-refractivity contribution is -0.120. The number of nitrogens with one attached hydrogen (secondary N) is 2. The number of benzene rings is 1.